The molecule has 1 N–H and O–H groups in total. The quantitative estimate of drug-likeness (QED) is 0.851. The molecule has 96 valence electrons. The molecule has 1 aliphatic heterocycles. The molecule has 0 aromatic carbocycles. The number of aromatic nitrogens is 1. The van der Waals surface area contributed by atoms with Crippen LogP contribution >= 0.6 is 0 Å². The lowest BCUT2D eigenvalue weighted by molar-refractivity contribution is 0.122. The number of aliphatic hydroxyl groups is 1. The average molecular weight is 238 g/mol. The molecule has 0 unspecified atom stereocenters. The zero-order valence-electron chi connectivity index (χ0n) is 10.9. The van der Waals surface area contributed by atoms with Crippen LogP contribution in [0.3, 0.4) is 0 Å². The molecule has 1 aromatic heterocycles. The van der Waals surface area contributed by atoms with E-state index >= 15 is 0 Å². The molecule has 0 saturated carbocycles. The number of morpholine rings is 1. The van der Waals surface area contributed by atoms with Crippen LogP contribution in [0.5, 0.6) is 0 Å². The third kappa shape index (κ3) is 3.98. The van der Waals surface area contributed by atoms with Gasteiger partial charge in [0.2, 0.25) is 0 Å². The van der Waals surface area contributed by atoms with Gasteiger partial charge in [-0.2, -0.15) is 0 Å². The molecule has 0 atom stereocenters. The average Bonchev–Trinajstić information content (AvgIpc) is 2.42. The highest BCUT2D eigenvalue weighted by molar-refractivity contribution is 5.45. The number of nitrogens with zero attached hydrogens (tertiary/aromatic N) is 2. The largest absolute Gasteiger partial charge is 0.400 e. The number of anilines is 1. The van der Waals surface area contributed by atoms with Gasteiger partial charge in [-0.1, -0.05) is 13.8 Å². The first kappa shape index (κ1) is 13.9. The Morgan fingerprint density at radius 3 is 2.35 bits per heavy atom. The third-order valence-corrected chi connectivity index (χ3v) is 2.74. The first-order chi connectivity index (χ1) is 8.27. The highest BCUT2D eigenvalue weighted by Crippen LogP contribution is 2.17. The Labute approximate surface area is 103 Å². The molecule has 4 nitrogen and oxygen atoms in total. The second kappa shape index (κ2) is 7.25. The van der Waals surface area contributed by atoms with E-state index in [0.717, 1.165) is 39.1 Å². The fourth-order valence-electron chi connectivity index (χ4n) is 1.75. The van der Waals surface area contributed by atoms with Crippen molar-refractivity contribution in [2.45, 2.75) is 19.8 Å². The summed E-state index contributed by atoms with van der Waals surface area (Å²) in [5.41, 5.74) is 2.37. The van der Waals surface area contributed by atoms with Crippen LogP contribution < -0.4 is 4.90 Å². The number of hydrogen-bond acceptors (Lipinski definition) is 4. The van der Waals surface area contributed by atoms with E-state index < -0.39 is 0 Å². The van der Waals surface area contributed by atoms with Gasteiger partial charge < -0.3 is 14.7 Å². The molecule has 1 fully saturated rings. The van der Waals surface area contributed by atoms with Crippen molar-refractivity contribution in [1.29, 1.82) is 0 Å². The van der Waals surface area contributed by atoms with E-state index in [0.29, 0.717) is 5.92 Å². The molecule has 2 heterocycles. The van der Waals surface area contributed by atoms with Gasteiger partial charge in [0.05, 0.1) is 25.1 Å². The summed E-state index contributed by atoms with van der Waals surface area (Å²) >= 11 is 0. The van der Waals surface area contributed by atoms with Gasteiger partial charge in [0.25, 0.3) is 0 Å². The van der Waals surface area contributed by atoms with Gasteiger partial charge in [0.15, 0.2) is 0 Å². The molecular weight excluding hydrogens is 216 g/mol. The van der Waals surface area contributed by atoms with E-state index in [2.05, 4.69) is 35.9 Å². The highest BCUT2D eigenvalue weighted by Gasteiger charge is 2.11. The predicted molar refractivity (Wildman–Crippen MR) is 69.5 cm³/mol. The summed E-state index contributed by atoms with van der Waals surface area (Å²) in [6.07, 6.45) is 1.97. The van der Waals surface area contributed by atoms with E-state index in [1.165, 1.54) is 5.69 Å². The summed E-state index contributed by atoms with van der Waals surface area (Å²) in [7, 11) is 1.00. The number of hydrogen-bond donors (Lipinski definition) is 1. The minimum Gasteiger partial charge on any atom is -0.400 e. The van der Waals surface area contributed by atoms with Gasteiger partial charge in [-0.15, -0.1) is 0 Å². The molecule has 0 amide bonds. The van der Waals surface area contributed by atoms with Crippen LogP contribution in [-0.4, -0.2) is 43.5 Å². The first-order valence-electron chi connectivity index (χ1n) is 6.01. The Balaban J connectivity index is 0.000000686. The topological polar surface area (TPSA) is 45.6 Å². The smallest absolute Gasteiger partial charge is 0.0642 e. The Hall–Kier alpha value is -1.13. The minimum absolute atomic E-state index is 0.503. The van der Waals surface area contributed by atoms with E-state index in [9.17, 15) is 0 Å². The molecular formula is C13H22N2O2. The van der Waals surface area contributed by atoms with Crippen molar-refractivity contribution in [2.75, 3.05) is 38.3 Å². The predicted octanol–water partition coefficient (Wildman–Crippen LogP) is 1.65. The standard InChI is InChI=1S/C12H18N2O.CH4O/c1-10(2)12-4-3-11(9-13-12)14-5-7-15-8-6-14;1-2/h3-4,9-10H,5-8H2,1-2H3;2H,1H3. The van der Waals surface area contributed by atoms with Crippen molar-refractivity contribution < 1.29 is 9.84 Å². The Kier molecular flexibility index (Phi) is 5.94. The van der Waals surface area contributed by atoms with Crippen molar-refractivity contribution in [3.8, 4) is 0 Å². The molecule has 4 heteroatoms. The van der Waals surface area contributed by atoms with E-state index in [-0.39, 0.29) is 0 Å². The lowest BCUT2D eigenvalue weighted by Gasteiger charge is -2.28. The van der Waals surface area contributed by atoms with Gasteiger partial charge in [0.1, 0.15) is 0 Å². The lowest BCUT2D eigenvalue weighted by atomic mass is 10.1. The van der Waals surface area contributed by atoms with Gasteiger partial charge in [0, 0.05) is 25.9 Å². The molecule has 1 saturated heterocycles. The molecule has 1 aromatic rings. The summed E-state index contributed by atoms with van der Waals surface area (Å²) in [4.78, 5) is 6.79. The van der Waals surface area contributed by atoms with Crippen molar-refractivity contribution in [3.63, 3.8) is 0 Å². The van der Waals surface area contributed by atoms with Crippen LogP contribution in [0.2, 0.25) is 0 Å². The summed E-state index contributed by atoms with van der Waals surface area (Å²) in [6, 6.07) is 4.28. The van der Waals surface area contributed by atoms with Crippen molar-refractivity contribution >= 4 is 5.69 Å². The molecule has 2 rings (SSSR count). The van der Waals surface area contributed by atoms with Crippen LogP contribution in [-0.2, 0) is 4.74 Å². The van der Waals surface area contributed by atoms with E-state index in [4.69, 9.17) is 9.84 Å². The van der Waals surface area contributed by atoms with Crippen molar-refractivity contribution in [3.05, 3.63) is 24.0 Å². The maximum absolute atomic E-state index is 7.00. The highest BCUT2D eigenvalue weighted by atomic mass is 16.5. The summed E-state index contributed by atoms with van der Waals surface area (Å²) in [6.45, 7) is 7.93. The molecule has 0 aliphatic carbocycles. The van der Waals surface area contributed by atoms with Gasteiger partial charge >= 0.3 is 0 Å². The lowest BCUT2D eigenvalue weighted by Crippen LogP contribution is -2.36. The van der Waals surface area contributed by atoms with Gasteiger partial charge in [-0.05, 0) is 18.1 Å². The third-order valence-electron chi connectivity index (χ3n) is 2.74. The molecule has 0 radical (unpaired) electrons. The van der Waals surface area contributed by atoms with Crippen molar-refractivity contribution in [2.24, 2.45) is 0 Å². The number of pyridine rings is 1. The van der Waals surface area contributed by atoms with Crippen LogP contribution in [0.15, 0.2) is 18.3 Å². The van der Waals surface area contributed by atoms with E-state index in [1.807, 2.05) is 6.20 Å². The zero-order valence-corrected chi connectivity index (χ0v) is 10.9. The Morgan fingerprint density at radius 1 is 1.24 bits per heavy atom. The second-order valence-corrected chi connectivity index (χ2v) is 4.20. The zero-order chi connectivity index (χ0) is 12.7. The summed E-state index contributed by atoms with van der Waals surface area (Å²) < 4.78 is 5.32. The SMILES string of the molecule is CC(C)c1ccc(N2CCOCC2)cn1.CO. The molecule has 17 heavy (non-hydrogen) atoms. The first-order valence-corrected chi connectivity index (χ1v) is 6.01. The molecule has 0 bridgehead atoms. The molecule has 0 spiro atoms. The van der Waals surface area contributed by atoms with Gasteiger partial charge in [-0.25, -0.2) is 0 Å². The second-order valence-electron chi connectivity index (χ2n) is 4.20. The number of ether oxygens (including phenoxy) is 1. The Morgan fingerprint density at radius 2 is 1.88 bits per heavy atom. The van der Waals surface area contributed by atoms with Crippen LogP contribution in [0, 0.1) is 0 Å². The Bertz CT molecular complexity index is 306. The summed E-state index contributed by atoms with van der Waals surface area (Å²) in [5, 5.41) is 7.00. The fourth-order valence-corrected chi connectivity index (χ4v) is 1.75. The number of aliphatic hydroxyl groups excluding tert-OH is 1. The summed E-state index contributed by atoms with van der Waals surface area (Å²) in [5.74, 6) is 0.503. The monoisotopic (exact) mass is 238 g/mol. The van der Waals surface area contributed by atoms with Crippen LogP contribution in [0.4, 0.5) is 5.69 Å². The van der Waals surface area contributed by atoms with Crippen molar-refractivity contribution in [1.82, 2.24) is 4.98 Å². The maximum Gasteiger partial charge on any atom is 0.0642 e. The number of rotatable bonds is 2. The fraction of sp³-hybridized carbons (Fsp3) is 0.615. The van der Waals surface area contributed by atoms with Crippen LogP contribution in [0.1, 0.15) is 25.5 Å². The molecule has 1 aliphatic rings. The van der Waals surface area contributed by atoms with Crippen LogP contribution in [0.25, 0.3) is 0 Å². The van der Waals surface area contributed by atoms with E-state index in [1.54, 1.807) is 0 Å². The normalized spacial score (nSPS) is 15.5. The minimum atomic E-state index is 0.503. The van der Waals surface area contributed by atoms with Gasteiger partial charge in [-0.3, -0.25) is 4.98 Å². The maximum atomic E-state index is 7.00.